The van der Waals surface area contributed by atoms with Gasteiger partial charge in [-0.3, -0.25) is 9.11 Å². The molecule has 1 rings (SSSR count). The van der Waals surface area contributed by atoms with Crippen LogP contribution in [0, 0.1) is 0 Å². The number of rotatable bonds is 2. The molecule has 0 saturated carbocycles. The summed E-state index contributed by atoms with van der Waals surface area (Å²) in [5.41, 5.74) is 0. The molecule has 0 spiro atoms. The van der Waals surface area contributed by atoms with Crippen LogP contribution in [-0.4, -0.2) is 17.5 Å². The topological polar surface area (TPSA) is 78.5 Å². The van der Waals surface area contributed by atoms with Crippen LogP contribution in [0.2, 0.25) is 0 Å². The van der Waals surface area contributed by atoms with E-state index in [1.54, 1.807) is 0 Å². The van der Waals surface area contributed by atoms with Crippen molar-refractivity contribution in [3.63, 3.8) is 0 Å². The summed E-state index contributed by atoms with van der Waals surface area (Å²) in [4.78, 5) is 0. The molecule has 1 aromatic heterocycles. The fraction of sp³-hybridized carbons (Fsp3) is 0.375. The molecule has 0 saturated heterocycles. The second-order valence-corrected chi connectivity index (χ2v) is 3.46. The van der Waals surface area contributed by atoms with E-state index in [1.807, 2.05) is 6.07 Å². The van der Waals surface area contributed by atoms with Gasteiger partial charge in [0.25, 0.3) is 0 Å². The summed E-state index contributed by atoms with van der Waals surface area (Å²) in [5, 5.41) is 0. The van der Waals surface area contributed by atoms with Gasteiger partial charge in [0.1, 0.15) is 6.54 Å². The first-order chi connectivity index (χ1) is 6.43. The van der Waals surface area contributed by atoms with E-state index in [-0.39, 0.29) is 0 Å². The van der Waals surface area contributed by atoms with Gasteiger partial charge in [0, 0.05) is 18.6 Å². The van der Waals surface area contributed by atoms with Crippen LogP contribution in [-0.2, 0) is 16.9 Å². The van der Waals surface area contributed by atoms with Crippen LogP contribution in [0.25, 0.3) is 0 Å². The number of hydrogen-bond donors (Lipinski definition) is 2. The second-order valence-electron chi connectivity index (χ2n) is 2.56. The number of nitrogens with zero attached hydrogens (tertiary/aromatic N) is 1. The van der Waals surface area contributed by atoms with Crippen molar-refractivity contribution in [2.45, 2.75) is 19.9 Å². The van der Waals surface area contributed by atoms with Gasteiger partial charge in [-0.05, 0) is 0 Å². The van der Waals surface area contributed by atoms with E-state index in [4.69, 9.17) is 17.5 Å². The molecule has 0 amide bonds. The molecular formula is C8H14NO4S+. The van der Waals surface area contributed by atoms with Crippen LogP contribution in [0.4, 0.5) is 0 Å². The number of hydrogen-bond acceptors (Lipinski definition) is 2. The van der Waals surface area contributed by atoms with Crippen molar-refractivity contribution in [2.24, 2.45) is 0 Å². The SMILES string of the molecule is CCC[n+]1ccccc1.O=S(=O)(O)O. The quantitative estimate of drug-likeness (QED) is 0.569. The van der Waals surface area contributed by atoms with Crippen LogP contribution < -0.4 is 4.57 Å². The Kier molecular flexibility index (Phi) is 6.02. The Morgan fingerprint density at radius 2 is 1.57 bits per heavy atom. The normalized spacial score (nSPS) is 10.2. The lowest BCUT2D eigenvalue weighted by molar-refractivity contribution is -0.697. The van der Waals surface area contributed by atoms with Crippen molar-refractivity contribution < 1.29 is 22.1 Å². The zero-order chi connectivity index (χ0) is 11.0. The standard InChI is InChI=1S/C8H12N.H2O4S/c1-2-6-9-7-4-3-5-8-9;1-5(2,3)4/h3-5,7-8H,2,6H2,1H3;(H2,1,2,3,4)/q+1;. The van der Waals surface area contributed by atoms with Crippen molar-refractivity contribution in [1.82, 2.24) is 0 Å². The van der Waals surface area contributed by atoms with Crippen LogP contribution >= 0.6 is 0 Å². The Labute approximate surface area is 83.6 Å². The van der Waals surface area contributed by atoms with E-state index in [9.17, 15) is 0 Å². The van der Waals surface area contributed by atoms with Crippen molar-refractivity contribution in [3.05, 3.63) is 30.6 Å². The van der Waals surface area contributed by atoms with Gasteiger partial charge in [-0.25, -0.2) is 4.57 Å². The molecule has 5 nitrogen and oxygen atoms in total. The zero-order valence-corrected chi connectivity index (χ0v) is 8.68. The Morgan fingerprint density at radius 1 is 1.14 bits per heavy atom. The number of aryl methyl sites for hydroxylation is 1. The van der Waals surface area contributed by atoms with Crippen molar-refractivity contribution in [1.29, 1.82) is 0 Å². The van der Waals surface area contributed by atoms with Gasteiger partial charge < -0.3 is 0 Å². The summed E-state index contributed by atoms with van der Waals surface area (Å²) in [6.45, 7) is 3.31. The van der Waals surface area contributed by atoms with E-state index in [0.29, 0.717) is 0 Å². The van der Waals surface area contributed by atoms with Gasteiger partial charge in [0.15, 0.2) is 12.4 Å². The minimum Gasteiger partial charge on any atom is -0.264 e. The maximum absolute atomic E-state index is 8.74. The predicted octanol–water partition coefficient (Wildman–Crippen LogP) is 0.731. The molecule has 0 aromatic carbocycles. The molecule has 80 valence electrons. The highest BCUT2D eigenvalue weighted by Crippen LogP contribution is 1.78. The van der Waals surface area contributed by atoms with Crippen molar-refractivity contribution >= 4 is 10.4 Å². The monoisotopic (exact) mass is 220 g/mol. The average Bonchev–Trinajstić information content (AvgIpc) is 2.03. The van der Waals surface area contributed by atoms with Gasteiger partial charge in [-0.2, -0.15) is 8.42 Å². The maximum atomic E-state index is 8.74. The summed E-state index contributed by atoms with van der Waals surface area (Å²) >= 11 is 0. The third kappa shape index (κ3) is 11.0. The summed E-state index contributed by atoms with van der Waals surface area (Å²) in [5.74, 6) is 0. The summed E-state index contributed by atoms with van der Waals surface area (Å²) in [6.07, 6.45) is 5.38. The van der Waals surface area contributed by atoms with Gasteiger partial charge in [0.2, 0.25) is 0 Å². The summed E-state index contributed by atoms with van der Waals surface area (Å²) < 4.78 is 33.8. The fourth-order valence-corrected chi connectivity index (χ4v) is 0.842. The molecule has 1 heterocycles. The van der Waals surface area contributed by atoms with Gasteiger partial charge >= 0.3 is 10.4 Å². The molecule has 14 heavy (non-hydrogen) atoms. The molecule has 6 heteroatoms. The van der Waals surface area contributed by atoms with Gasteiger partial charge in [0.05, 0.1) is 0 Å². The molecule has 0 atom stereocenters. The minimum absolute atomic E-state index is 1.13. The Morgan fingerprint density at radius 3 is 1.93 bits per heavy atom. The van der Waals surface area contributed by atoms with Crippen LogP contribution in [0.1, 0.15) is 13.3 Å². The molecule has 0 aliphatic heterocycles. The van der Waals surface area contributed by atoms with Gasteiger partial charge in [-0.1, -0.05) is 13.0 Å². The van der Waals surface area contributed by atoms with E-state index in [2.05, 4.69) is 36.0 Å². The summed E-state index contributed by atoms with van der Waals surface area (Å²) in [7, 11) is -4.67. The Balaban J connectivity index is 0.000000292. The molecule has 0 unspecified atom stereocenters. The number of aromatic nitrogens is 1. The first-order valence-electron chi connectivity index (χ1n) is 4.07. The van der Waals surface area contributed by atoms with Crippen molar-refractivity contribution in [2.75, 3.05) is 0 Å². The van der Waals surface area contributed by atoms with Crippen molar-refractivity contribution in [3.8, 4) is 0 Å². The first kappa shape index (κ1) is 13.0. The third-order valence-corrected chi connectivity index (χ3v) is 1.26. The Bertz CT molecular complexity index is 328. The van der Waals surface area contributed by atoms with E-state index >= 15 is 0 Å². The highest BCUT2D eigenvalue weighted by molar-refractivity contribution is 7.79. The zero-order valence-electron chi connectivity index (χ0n) is 7.87. The highest BCUT2D eigenvalue weighted by Gasteiger charge is 1.90. The lowest BCUT2D eigenvalue weighted by atomic mass is 10.4. The number of pyridine rings is 1. The van der Waals surface area contributed by atoms with Crippen LogP contribution in [0.5, 0.6) is 0 Å². The van der Waals surface area contributed by atoms with Crippen LogP contribution in [0.3, 0.4) is 0 Å². The smallest absolute Gasteiger partial charge is 0.264 e. The molecular weight excluding hydrogens is 206 g/mol. The second kappa shape index (κ2) is 6.47. The lowest BCUT2D eigenvalue weighted by Crippen LogP contribution is -2.31. The first-order valence-corrected chi connectivity index (χ1v) is 5.47. The molecule has 0 aliphatic carbocycles. The van der Waals surface area contributed by atoms with E-state index < -0.39 is 10.4 Å². The molecule has 0 bridgehead atoms. The lowest BCUT2D eigenvalue weighted by Gasteiger charge is -1.88. The average molecular weight is 220 g/mol. The minimum atomic E-state index is -4.67. The molecule has 1 aromatic rings. The molecule has 0 aliphatic rings. The molecule has 0 fully saturated rings. The third-order valence-electron chi connectivity index (χ3n) is 1.26. The summed E-state index contributed by atoms with van der Waals surface area (Å²) in [6, 6.07) is 6.14. The Hall–Kier alpha value is -0.980. The largest absolute Gasteiger partial charge is 0.394 e. The molecule has 2 N–H and O–H groups in total. The maximum Gasteiger partial charge on any atom is 0.394 e. The van der Waals surface area contributed by atoms with Crippen LogP contribution in [0.15, 0.2) is 30.6 Å². The molecule has 0 radical (unpaired) electrons. The predicted molar refractivity (Wildman–Crippen MR) is 51.1 cm³/mol. The van der Waals surface area contributed by atoms with E-state index in [1.165, 1.54) is 6.42 Å². The van der Waals surface area contributed by atoms with Gasteiger partial charge in [-0.15, -0.1) is 0 Å². The fourth-order valence-electron chi connectivity index (χ4n) is 0.842. The van der Waals surface area contributed by atoms with E-state index in [0.717, 1.165) is 6.54 Å². The highest BCUT2D eigenvalue weighted by atomic mass is 32.3.